The second kappa shape index (κ2) is 10.9. The molecule has 0 aromatic heterocycles. The van der Waals surface area contributed by atoms with E-state index in [1.54, 1.807) is 0 Å². The Kier molecular flexibility index (Phi) is 8.29. The number of hydrogen-bond donors (Lipinski definition) is 0. The molecule has 0 unspecified atom stereocenters. The van der Waals surface area contributed by atoms with Crippen LogP contribution in [0, 0.1) is 0 Å². The molecule has 3 rings (SSSR count). The fourth-order valence-corrected chi connectivity index (χ4v) is 10.6. The Balaban J connectivity index is 1.92. The molecule has 0 aliphatic carbocycles. The first kappa shape index (κ1) is 22.8. The van der Waals surface area contributed by atoms with Crippen LogP contribution in [0.3, 0.4) is 0 Å². The molecule has 0 spiro atoms. The Labute approximate surface area is 184 Å². The molecule has 30 heavy (non-hydrogen) atoms. The number of unbranched alkanes of at least 4 members (excludes halogenated alkanes) is 7. The molecule has 0 aliphatic heterocycles. The SMILES string of the molecule is CCCCCCCCCCP(C)(c1ccccc1)(c1ccccc1)c1ccccc1. The zero-order valence-electron chi connectivity index (χ0n) is 19.0. The Morgan fingerprint density at radius 2 is 0.800 bits per heavy atom. The van der Waals surface area contributed by atoms with Gasteiger partial charge in [-0.25, -0.2) is 0 Å². The van der Waals surface area contributed by atoms with E-state index in [0.717, 1.165) is 0 Å². The Morgan fingerprint density at radius 3 is 1.17 bits per heavy atom. The summed E-state index contributed by atoms with van der Waals surface area (Å²) in [4.78, 5) is 0. The van der Waals surface area contributed by atoms with E-state index in [2.05, 4.69) is 105 Å². The first-order chi connectivity index (χ1) is 14.7. The molecule has 0 saturated heterocycles. The van der Waals surface area contributed by atoms with Gasteiger partial charge in [-0.3, -0.25) is 0 Å². The first-order valence-electron chi connectivity index (χ1n) is 11.9. The molecule has 0 N–H and O–H groups in total. The molecule has 0 fully saturated rings. The standard InChI is InChI=1S/C29H39P/c1-3-4-5-6-7-8-9-19-26-30(2,27-20-13-10-14-21-27,28-22-15-11-16-23-28)29-24-17-12-18-25-29/h10-18,20-25H,3-9,19,26H2,1-2H3. The van der Waals surface area contributed by atoms with Crippen LogP contribution in [0.4, 0.5) is 0 Å². The molecule has 3 aromatic carbocycles. The predicted molar refractivity (Wildman–Crippen MR) is 139 cm³/mol. The summed E-state index contributed by atoms with van der Waals surface area (Å²) < 4.78 is 0. The van der Waals surface area contributed by atoms with Gasteiger partial charge in [0, 0.05) is 0 Å². The van der Waals surface area contributed by atoms with E-state index < -0.39 is 6.60 Å². The van der Waals surface area contributed by atoms with Crippen LogP contribution in [-0.2, 0) is 0 Å². The van der Waals surface area contributed by atoms with Crippen molar-refractivity contribution < 1.29 is 0 Å². The molecule has 0 saturated carbocycles. The molecule has 0 nitrogen and oxygen atoms in total. The van der Waals surface area contributed by atoms with Crippen LogP contribution < -0.4 is 15.9 Å². The van der Waals surface area contributed by atoms with Crippen LogP contribution in [-0.4, -0.2) is 12.8 Å². The van der Waals surface area contributed by atoms with Crippen LogP contribution >= 0.6 is 6.60 Å². The molecule has 0 amide bonds. The van der Waals surface area contributed by atoms with Crippen molar-refractivity contribution in [2.75, 3.05) is 12.8 Å². The molecular weight excluding hydrogens is 379 g/mol. The summed E-state index contributed by atoms with van der Waals surface area (Å²) in [5, 5.41) is 4.55. The van der Waals surface area contributed by atoms with E-state index in [9.17, 15) is 0 Å². The van der Waals surface area contributed by atoms with Crippen LogP contribution in [0.25, 0.3) is 0 Å². The molecule has 0 aliphatic rings. The summed E-state index contributed by atoms with van der Waals surface area (Å²) in [6.45, 7) is 2.38. The molecule has 160 valence electrons. The molecule has 0 heterocycles. The molecule has 0 atom stereocenters. The van der Waals surface area contributed by atoms with Crippen molar-refractivity contribution in [1.29, 1.82) is 0 Å². The van der Waals surface area contributed by atoms with Gasteiger partial charge in [0.1, 0.15) is 0 Å². The number of benzene rings is 3. The average Bonchev–Trinajstić information content (AvgIpc) is 2.82. The van der Waals surface area contributed by atoms with Crippen LogP contribution in [0.5, 0.6) is 0 Å². The van der Waals surface area contributed by atoms with Crippen LogP contribution in [0.15, 0.2) is 91.0 Å². The fourth-order valence-electron chi connectivity index (χ4n) is 4.97. The van der Waals surface area contributed by atoms with Crippen molar-refractivity contribution in [3.05, 3.63) is 91.0 Å². The molecule has 0 radical (unpaired) electrons. The summed E-state index contributed by atoms with van der Waals surface area (Å²) in [5.74, 6) is 0. The van der Waals surface area contributed by atoms with E-state index in [-0.39, 0.29) is 0 Å². The second-order valence-corrected chi connectivity index (χ2v) is 14.6. The maximum atomic E-state index is 2.60. The van der Waals surface area contributed by atoms with Gasteiger partial charge in [0.25, 0.3) is 0 Å². The number of rotatable bonds is 12. The number of hydrogen-bond acceptors (Lipinski definition) is 0. The minimum atomic E-state index is -2.52. The zero-order valence-corrected chi connectivity index (χ0v) is 19.9. The van der Waals surface area contributed by atoms with Crippen molar-refractivity contribution in [3.63, 3.8) is 0 Å². The monoisotopic (exact) mass is 418 g/mol. The van der Waals surface area contributed by atoms with Crippen molar-refractivity contribution in [1.82, 2.24) is 0 Å². The molecule has 0 bridgehead atoms. The first-order valence-corrected chi connectivity index (χ1v) is 14.7. The molecule has 1 heteroatoms. The quantitative estimate of drug-likeness (QED) is 0.214. The normalized spacial score (nSPS) is 12.9. The van der Waals surface area contributed by atoms with E-state index in [1.807, 2.05) is 0 Å². The third kappa shape index (κ3) is 4.87. The van der Waals surface area contributed by atoms with Gasteiger partial charge in [0.05, 0.1) is 0 Å². The predicted octanol–water partition coefficient (Wildman–Crippen LogP) is 7.29. The van der Waals surface area contributed by atoms with E-state index in [0.29, 0.717) is 0 Å². The van der Waals surface area contributed by atoms with Gasteiger partial charge in [-0.2, -0.15) is 0 Å². The Morgan fingerprint density at radius 1 is 0.467 bits per heavy atom. The van der Waals surface area contributed by atoms with Gasteiger partial charge in [-0.05, 0) is 0 Å². The van der Waals surface area contributed by atoms with Crippen LogP contribution in [0.1, 0.15) is 58.3 Å². The summed E-state index contributed by atoms with van der Waals surface area (Å²) in [6.07, 6.45) is 12.2. The topological polar surface area (TPSA) is 0 Å². The third-order valence-corrected chi connectivity index (χ3v) is 13.5. The Bertz CT molecular complexity index is 755. The van der Waals surface area contributed by atoms with Crippen molar-refractivity contribution in [3.8, 4) is 0 Å². The minimum absolute atomic E-state index is 1.25. The fraction of sp³-hybridized carbons (Fsp3) is 0.379. The summed E-state index contributed by atoms with van der Waals surface area (Å²) in [6, 6.07) is 34.0. The summed E-state index contributed by atoms with van der Waals surface area (Å²) in [7, 11) is 0. The zero-order chi connectivity index (χ0) is 21.1. The summed E-state index contributed by atoms with van der Waals surface area (Å²) in [5.41, 5.74) is 0. The van der Waals surface area contributed by atoms with Gasteiger partial charge in [-0.15, -0.1) is 0 Å². The van der Waals surface area contributed by atoms with E-state index in [1.165, 1.54) is 73.4 Å². The van der Waals surface area contributed by atoms with E-state index in [4.69, 9.17) is 0 Å². The second-order valence-electron chi connectivity index (χ2n) is 9.00. The third-order valence-electron chi connectivity index (χ3n) is 6.94. The maximum absolute atomic E-state index is 2.60. The average molecular weight is 419 g/mol. The summed E-state index contributed by atoms with van der Waals surface area (Å²) >= 11 is 0. The molecular formula is C29H39P. The van der Waals surface area contributed by atoms with Crippen LogP contribution in [0.2, 0.25) is 0 Å². The van der Waals surface area contributed by atoms with Gasteiger partial charge in [-0.1, -0.05) is 0 Å². The van der Waals surface area contributed by atoms with Crippen molar-refractivity contribution >= 4 is 22.5 Å². The van der Waals surface area contributed by atoms with E-state index >= 15 is 0 Å². The van der Waals surface area contributed by atoms with Crippen molar-refractivity contribution in [2.45, 2.75) is 58.3 Å². The van der Waals surface area contributed by atoms with Gasteiger partial charge in [0.2, 0.25) is 0 Å². The van der Waals surface area contributed by atoms with Gasteiger partial charge >= 0.3 is 185 Å². The van der Waals surface area contributed by atoms with Crippen molar-refractivity contribution in [2.24, 2.45) is 0 Å². The van der Waals surface area contributed by atoms with Gasteiger partial charge in [0.15, 0.2) is 0 Å². The van der Waals surface area contributed by atoms with Gasteiger partial charge < -0.3 is 0 Å². The molecule has 3 aromatic rings. The Hall–Kier alpha value is -1.91.